The minimum Gasteiger partial charge on any atom is -0.431 e. The minimum absolute atomic E-state index is 0.392. The van der Waals surface area contributed by atoms with E-state index in [1.54, 1.807) is 0 Å². The number of benzene rings is 1. The normalized spacial score (nSPS) is 10.6. The van der Waals surface area contributed by atoms with Crippen LogP contribution < -0.4 is 15.8 Å². The molecule has 0 fully saturated rings. The molecule has 5 nitrogen and oxygen atoms in total. The van der Waals surface area contributed by atoms with Crippen LogP contribution in [0.15, 0.2) is 30.5 Å². The summed E-state index contributed by atoms with van der Waals surface area (Å²) >= 11 is 1.14. The highest BCUT2D eigenvalue weighted by Gasteiger charge is 2.08. The van der Waals surface area contributed by atoms with Crippen LogP contribution in [0.2, 0.25) is 0 Å². The number of amides is 1. The Morgan fingerprint density at radius 2 is 2.09 bits per heavy atom. The van der Waals surface area contributed by atoms with Crippen LogP contribution in [0.5, 0.6) is 10.9 Å². The topological polar surface area (TPSA) is 77.2 Å². The van der Waals surface area contributed by atoms with Gasteiger partial charge in [0, 0.05) is 6.54 Å². The summed E-state index contributed by atoms with van der Waals surface area (Å²) in [6, 6.07) is 7.83. The largest absolute Gasteiger partial charge is 0.431 e. The van der Waals surface area contributed by atoms with Crippen LogP contribution >= 0.6 is 11.3 Å². The highest BCUT2D eigenvalue weighted by molar-refractivity contribution is 7.15. The first-order chi connectivity index (χ1) is 10.7. The van der Waals surface area contributed by atoms with Gasteiger partial charge in [-0.05, 0) is 30.7 Å². The lowest BCUT2D eigenvalue weighted by Crippen LogP contribution is -2.14. The SMILES string of the molecule is CCCCCNCc1ccc(Oc2ncc(C(N)=O)s2)cc1. The van der Waals surface area contributed by atoms with Gasteiger partial charge < -0.3 is 15.8 Å². The highest BCUT2D eigenvalue weighted by Crippen LogP contribution is 2.26. The predicted molar refractivity (Wildman–Crippen MR) is 88.4 cm³/mol. The molecule has 6 heteroatoms. The lowest BCUT2D eigenvalue weighted by atomic mass is 10.2. The smallest absolute Gasteiger partial charge is 0.279 e. The second kappa shape index (κ2) is 8.51. The molecular formula is C16H21N3O2S. The van der Waals surface area contributed by atoms with E-state index in [-0.39, 0.29) is 0 Å². The third-order valence-corrected chi connectivity index (χ3v) is 4.03. The van der Waals surface area contributed by atoms with Crippen molar-refractivity contribution in [3.05, 3.63) is 40.9 Å². The highest BCUT2D eigenvalue weighted by atomic mass is 32.1. The summed E-state index contributed by atoms with van der Waals surface area (Å²) in [5.74, 6) is 0.206. The van der Waals surface area contributed by atoms with Crippen molar-refractivity contribution in [2.24, 2.45) is 5.73 Å². The van der Waals surface area contributed by atoms with E-state index in [0.29, 0.717) is 15.8 Å². The van der Waals surface area contributed by atoms with Gasteiger partial charge >= 0.3 is 0 Å². The van der Waals surface area contributed by atoms with Gasteiger partial charge in [0.2, 0.25) is 0 Å². The van der Waals surface area contributed by atoms with Crippen LogP contribution in [-0.2, 0) is 6.54 Å². The second-order valence-corrected chi connectivity index (χ2v) is 5.98. The minimum atomic E-state index is -0.489. The van der Waals surface area contributed by atoms with Gasteiger partial charge in [-0.3, -0.25) is 4.79 Å². The fourth-order valence-corrected chi connectivity index (χ4v) is 2.57. The fourth-order valence-electron chi connectivity index (χ4n) is 1.93. The number of primary amides is 1. The van der Waals surface area contributed by atoms with Crippen molar-refractivity contribution < 1.29 is 9.53 Å². The van der Waals surface area contributed by atoms with E-state index in [1.807, 2.05) is 24.3 Å². The molecule has 0 bridgehead atoms. The molecule has 3 N–H and O–H groups in total. The Balaban J connectivity index is 1.82. The summed E-state index contributed by atoms with van der Waals surface area (Å²) in [5.41, 5.74) is 6.40. The van der Waals surface area contributed by atoms with Crippen LogP contribution in [0.3, 0.4) is 0 Å². The number of carbonyl (C=O) groups excluding carboxylic acids is 1. The molecule has 0 unspecified atom stereocenters. The molecule has 1 amide bonds. The zero-order valence-corrected chi connectivity index (χ0v) is 13.5. The summed E-state index contributed by atoms with van der Waals surface area (Å²) in [6.07, 6.45) is 5.14. The first-order valence-corrected chi connectivity index (χ1v) is 8.24. The van der Waals surface area contributed by atoms with Crippen LogP contribution in [0.1, 0.15) is 41.4 Å². The summed E-state index contributed by atoms with van der Waals surface area (Å²) in [4.78, 5) is 15.4. The van der Waals surface area contributed by atoms with Crippen LogP contribution in [0.25, 0.3) is 0 Å². The quantitative estimate of drug-likeness (QED) is 0.695. The van der Waals surface area contributed by atoms with Gasteiger partial charge in [0.15, 0.2) is 0 Å². The van der Waals surface area contributed by atoms with Crippen molar-refractivity contribution in [3.63, 3.8) is 0 Å². The summed E-state index contributed by atoms with van der Waals surface area (Å²) in [7, 11) is 0. The molecule has 1 aromatic carbocycles. The summed E-state index contributed by atoms with van der Waals surface area (Å²) < 4.78 is 5.60. The number of hydrogen-bond donors (Lipinski definition) is 2. The van der Waals surface area contributed by atoms with E-state index >= 15 is 0 Å². The molecule has 22 heavy (non-hydrogen) atoms. The number of aromatic nitrogens is 1. The zero-order valence-electron chi connectivity index (χ0n) is 12.7. The monoisotopic (exact) mass is 319 g/mol. The molecule has 0 aliphatic rings. The predicted octanol–water partition coefficient (Wildman–Crippen LogP) is 3.31. The molecule has 0 radical (unpaired) electrons. The number of ether oxygens (including phenoxy) is 1. The van der Waals surface area contributed by atoms with Crippen molar-refractivity contribution in [1.29, 1.82) is 0 Å². The van der Waals surface area contributed by atoms with Crippen molar-refractivity contribution in [1.82, 2.24) is 10.3 Å². The van der Waals surface area contributed by atoms with E-state index in [9.17, 15) is 4.79 Å². The number of nitrogens with zero attached hydrogens (tertiary/aromatic N) is 1. The van der Waals surface area contributed by atoms with Gasteiger partial charge in [-0.2, -0.15) is 0 Å². The van der Waals surface area contributed by atoms with E-state index in [2.05, 4.69) is 17.2 Å². The third kappa shape index (κ3) is 5.13. The second-order valence-electron chi connectivity index (χ2n) is 4.98. The molecule has 0 atom stereocenters. The van der Waals surface area contributed by atoms with Crippen molar-refractivity contribution in [3.8, 4) is 10.9 Å². The lowest BCUT2D eigenvalue weighted by Gasteiger charge is -2.06. The van der Waals surface area contributed by atoms with Gasteiger partial charge in [0.05, 0.1) is 6.20 Å². The van der Waals surface area contributed by atoms with Gasteiger partial charge in [0.25, 0.3) is 11.1 Å². The van der Waals surface area contributed by atoms with Gasteiger partial charge in [0.1, 0.15) is 10.6 Å². The van der Waals surface area contributed by atoms with Gasteiger partial charge in [-0.25, -0.2) is 4.98 Å². The Bertz CT molecular complexity index is 596. The molecular weight excluding hydrogens is 298 g/mol. The molecule has 0 saturated carbocycles. The van der Waals surface area contributed by atoms with Crippen LogP contribution in [0, 0.1) is 0 Å². The molecule has 2 rings (SSSR count). The summed E-state index contributed by atoms with van der Waals surface area (Å²) in [6.45, 7) is 4.10. The number of carbonyl (C=O) groups is 1. The first kappa shape index (κ1) is 16.5. The van der Waals surface area contributed by atoms with Crippen LogP contribution in [-0.4, -0.2) is 17.4 Å². The Morgan fingerprint density at radius 1 is 1.32 bits per heavy atom. The lowest BCUT2D eigenvalue weighted by molar-refractivity contribution is 0.100. The molecule has 1 aromatic heterocycles. The number of thiazole rings is 1. The van der Waals surface area contributed by atoms with Gasteiger partial charge in [-0.15, -0.1) is 0 Å². The molecule has 0 spiro atoms. The standard InChI is InChI=1S/C16H21N3O2S/c1-2-3-4-9-18-10-12-5-7-13(8-6-12)21-16-19-11-14(22-16)15(17)20/h5-8,11,18H,2-4,9-10H2,1H3,(H2,17,20). The first-order valence-electron chi connectivity index (χ1n) is 7.42. The maximum atomic E-state index is 11.0. The van der Waals surface area contributed by atoms with E-state index in [0.717, 1.165) is 24.4 Å². The van der Waals surface area contributed by atoms with Gasteiger partial charge in [-0.1, -0.05) is 43.2 Å². The number of nitrogens with one attached hydrogen (secondary N) is 1. The average Bonchev–Trinajstić information content (AvgIpc) is 2.97. The van der Waals surface area contributed by atoms with Crippen molar-refractivity contribution in [2.45, 2.75) is 32.7 Å². The molecule has 0 aliphatic carbocycles. The maximum absolute atomic E-state index is 11.0. The summed E-state index contributed by atoms with van der Waals surface area (Å²) in [5, 5.41) is 3.83. The average molecular weight is 319 g/mol. The van der Waals surface area contributed by atoms with Crippen LogP contribution in [0.4, 0.5) is 0 Å². The maximum Gasteiger partial charge on any atom is 0.279 e. The van der Waals surface area contributed by atoms with E-state index < -0.39 is 5.91 Å². The number of rotatable bonds is 9. The third-order valence-electron chi connectivity index (χ3n) is 3.14. The van der Waals surface area contributed by atoms with E-state index in [1.165, 1.54) is 31.0 Å². The molecule has 0 saturated heterocycles. The Morgan fingerprint density at radius 3 is 2.73 bits per heavy atom. The van der Waals surface area contributed by atoms with Crippen molar-refractivity contribution in [2.75, 3.05) is 6.54 Å². The Labute approximate surface area is 134 Å². The molecule has 0 aliphatic heterocycles. The Hall–Kier alpha value is -1.92. The fraction of sp³-hybridized carbons (Fsp3) is 0.375. The number of hydrogen-bond acceptors (Lipinski definition) is 5. The number of nitrogens with two attached hydrogens (primary N) is 1. The zero-order chi connectivity index (χ0) is 15.8. The molecule has 118 valence electrons. The Kier molecular flexibility index (Phi) is 6.36. The number of unbranched alkanes of at least 4 members (excludes halogenated alkanes) is 2. The molecule has 2 aromatic rings. The van der Waals surface area contributed by atoms with E-state index in [4.69, 9.17) is 10.5 Å². The molecule has 1 heterocycles. The van der Waals surface area contributed by atoms with Crippen molar-refractivity contribution >= 4 is 17.2 Å².